The van der Waals surface area contributed by atoms with Crippen molar-refractivity contribution >= 4 is 11.9 Å². The fraction of sp³-hybridized carbons (Fsp3) is 0.714. The molecule has 104 valence electrons. The van der Waals surface area contributed by atoms with E-state index in [0.29, 0.717) is 12.3 Å². The van der Waals surface area contributed by atoms with Gasteiger partial charge in [0.15, 0.2) is 0 Å². The number of allylic oxidation sites excluding steroid dienone is 2. The van der Waals surface area contributed by atoms with Crippen molar-refractivity contribution in [3.63, 3.8) is 0 Å². The maximum absolute atomic E-state index is 11.1. The Kier molecular flexibility index (Phi) is 8.97. The van der Waals surface area contributed by atoms with Crippen LogP contribution in [0, 0.1) is 5.92 Å². The Morgan fingerprint density at radius 1 is 1.06 bits per heavy atom. The molecule has 0 aromatic heterocycles. The van der Waals surface area contributed by atoms with Crippen LogP contribution in [0.2, 0.25) is 0 Å². The van der Waals surface area contributed by atoms with Gasteiger partial charge in [-0.25, -0.2) is 9.59 Å². The maximum atomic E-state index is 11.1. The summed E-state index contributed by atoms with van der Waals surface area (Å²) in [4.78, 5) is 22.1. The maximum Gasteiger partial charge on any atom is 0.417 e. The van der Waals surface area contributed by atoms with Crippen LogP contribution in [-0.4, -0.2) is 25.2 Å². The van der Waals surface area contributed by atoms with Crippen LogP contribution in [0.1, 0.15) is 47.0 Å². The molecule has 0 fully saturated rings. The Balaban J connectivity index is 3.94. The number of hydrogen-bond donors (Lipinski definition) is 0. The Hall–Kier alpha value is -1.32. The van der Waals surface area contributed by atoms with Crippen LogP contribution in [0.5, 0.6) is 0 Å². The summed E-state index contributed by atoms with van der Waals surface area (Å²) in [7, 11) is 0. The lowest BCUT2D eigenvalue weighted by Crippen LogP contribution is -2.21. The molecule has 0 radical (unpaired) electrons. The molecule has 0 rings (SSSR count). The van der Waals surface area contributed by atoms with Gasteiger partial charge in [-0.05, 0) is 32.1 Å². The molecule has 4 nitrogen and oxygen atoms in total. The van der Waals surface area contributed by atoms with Crippen molar-refractivity contribution in [3.05, 3.63) is 11.6 Å². The lowest BCUT2D eigenvalue weighted by atomic mass is 10.0. The van der Waals surface area contributed by atoms with Crippen LogP contribution in [-0.2, 0) is 19.1 Å². The number of esters is 2. The van der Waals surface area contributed by atoms with Crippen LogP contribution in [0.15, 0.2) is 11.6 Å². The third-order valence-corrected chi connectivity index (χ3v) is 2.68. The van der Waals surface area contributed by atoms with Crippen molar-refractivity contribution in [2.24, 2.45) is 5.92 Å². The molecular weight excluding hydrogens is 232 g/mol. The number of hydrogen-bond acceptors (Lipinski definition) is 4. The standard InChI is InChI=1S/C14H24O4/c1-5-12(6-2)10-11(4)8-9-18-14(16)13(15)17-7-3/h10-11H,5-9H2,1-4H3. The highest BCUT2D eigenvalue weighted by atomic mass is 16.6. The summed E-state index contributed by atoms with van der Waals surface area (Å²) in [6.45, 7) is 8.41. The van der Waals surface area contributed by atoms with Crippen LogP contribution in [0.25, 0.3) is 0 Å². The van der Waals surface area contributed by atoms with Crippen LogP contribution in [0.4, 0.5) is 0 Å². The largest absolute Gasteiger partial charge is 0.458 e. The van der Waals surface area contributed by atoms with Gasteiger partial charge in [-0.2, -0.15) is 0 Å². The molecular formula is C14H24O4. The predicted octanol–water partition coefficient (Wildman–Crippen LogP) is 2.87. The summed E-state index contributed by atoms with van der Waals surface area (Å²) in [5.41, 5.74) is 1.40. The molecule has 0 N–H and O–H groups in total. The minimum absolute atomic E-state index is 0.184. The van der Waals surface area contributed by atoms with Gasteiger partial charge in [0.25, 0.3) is 0 Å². The highest BCUT2D eigenvalue weighted by Crippen LogP contribution is 2.13. The fourth-order valence-corrected chi connectivity index (χ4v) is 1.56. The van der Waals surface area contributed by atoms with Crippen molar-refractivity contribution < 1.29 is 19.1 Å². The first-order chi connectivity index (χ1) is 8.54. The SMILES string of the molecule is CCOC(=O)C(=O)OCCC(C)C=C(CC)CC. The summed E-state index contributed by atoms with van der Waals surface area (Å²) in [5.74, 6) is -1.47. The summed E-state index contributed by atoms with van der Waals surface area (Å²) in [6.07, 6.45) is 5.01. The van der Waals surface area contributed by atoms with Crippen molar-refractivity contribution in [1.82, 2.24) is 0 Å². The average molecular weight is 256 g/mol. The molecule has 0 aliphatic rings. The van der Waals surface area contributed by atoms with Crippen molar-refractivity contribution in [2.45, 2.75) is 47.0 Å². The van der Waals surface area contributed by atoms with E-state index in [4.69, 9.17) is 4.74 Å². The molecule has 0 amide bonds. The second kappa shape index (κ2) is 9.68. The highest BCUT2D eigenvalue weighted by molar-refractivity contribution is 6.29. The zero-order valence-corrected chi connectivity index (χ0v) is 11.8. The van der Waals surface area contributed by atoms with Gasteiger partial charge in [0.05, 0.1) is 13.2 Å². The molecule has 0 heterocycles. The van der Waals surface area contributed by atoms with Crippen LogP contribution in [0.3, 0.4) is 0 Å². The summed E-state index contributed by atoms with van der Waals surface area (Å²) in [5, 5.41) is 0. The molecule has 0 aromatic carbocycles. The average Bonchev–Trinajstić information content (AvgIpc) is 2.36. The van der Waals surface area contributed by atoms with Crippen LogP contribution >= 0.6 is 0 Å². The Bertz CT molecular complexity index is 288. The first kappa shape index (κ1) is 16.7. The van der Waals surface area contributed by atoms with Gasteiger partial charge in [-0.3, -0.25) is 0 Å². The Labute approximate surface area is 109 Å². The van der Waals surface area contributed by atoms with Gasteiger partial charge < -0.3 is 9.47 Å². The lowest BCUT2D eigenvalue weighted by molar-refractivity contribution is -0.167. The minimum Gasteiger partial charge on any atom is -0.458 e. The Morgan fingerprint density at radius 3 is 2.11 bits per heavy atom. The van der Waals surface area contributed by atoms with Gasteiger partial charge in [0, 0.05) is 0 Å². The molecule has 0 aromatic rings. The first-order valence-corrected chi connectivity index (χ1v) is 6.58. The minimum atomic E-state index is -0.913. The first-order valence-electron chi connectivity index (χ1n) is 6.58. The van der Waals surface area contributed by atoms with Crippen molar-refractivity contribution in [2.75, 3.05) is 13.2 Å². The van der Waals surface area contributed by atoms with E-state index >= 15 is 0 Å². The zero-order chi connectivity index (χ0) is 14.0. The normalized spacial score (nSPS) is 11.6. The molecule has 0 aliphatic carbocycles. The van der Waals surface area contributed by atoms with Gasteiger partial charge >= 0.3 is 11.9 Å². The number of carbonyl (C=O) groups excluding carboxylic acids is 2. The fourth-order valence-electron chi connectivity index (χ4n) is 1.56. The van der Waals surface area contributed by atoms with Gasteiger partial charge in [-0.1, -0.05) is 32.4 Å². The molecule has 0 aliphatic heterocycles. The molecule has 0 bridgehead atoms. The van der Waals surface area contributed by atoms with E-state index in [0.717, 1.165) is 12.8 Å². The predicted molar refractivity (Wildman–Crippen MR) is 70.0 cm³/mol. The second-order valence-electron chi connectivity index (χ2n) is 4.15. The van der Waals surface area contributed by atoms with E-state index in [1.807, 2.05) is 0 Å². The van der Waals surface area contributed by atoms with Crippen LogP contribution < -0.4 is 0 Å². The van der Waals surface area contributed by atoms with E-state index in [1.165, 1.54) is 5.57 Å². The topological polar surface area (TPSA) is 52.6 Å². The van der Waals surface area contributed by atoms with Gasteiger partial charge in [0.2, 0.25) is 0 Å². The molecule has 0 saturated heterocycles. The molecule has 0 saturated carbocycles. The molecule has 0 spiro atoms. The molecule has 1 atom stereocenters. The van der Waals surface area contributed by atoms with E-state index in [-0.39, 0.29) is 13.2 Å². The number of carbonyl (C=O) groups is 2. The third kappa shape index (κ3) is 7.09. The molecule has 4 heteroatoms. The molecule has 18 heavy (non-hydrogen) atoms. The summed E-state index contributed by atoms with van der Waals surface area (Å²) >= 11 is 0. The van der Waals surface area contributed by atoms with Gasteiger partial charge in [0.1, 0.15) is 0 Å². The third-order valence-electron chi connectivity index (χ3n) is 2.68. The van der Waals surface area contributed by atoms with E-state index in [1.54, 1.807) is 6.92 Å². The number of rotatable bonds is 7. The van der Waals surface area contributed by atoms with E-state index in [2.05, 4.69) is 31.6 Å². The Morgan fingerprint density at radius 2 is 1.61 bits per heavy atom. The molecule has 1 unspecified atom stereocenters. The van der Waals surface area contributed by atoms with Crippen molar-refractivity contribution in [3.8, 4) is 0 Å². The summed E-state index contributed by atoms with van der Waals surface area (Å²) in [6, 6.07) is 0. The lowest BCUT2D eigenvalue weighted by Gasteiger charge is -2.09. The highest BCUT2D eigenvalue weighted by Gasteiger charge is 2.16. The zero-order valence-electron chi connectivity index (χ0n) is 11.8. The number of ether oxygens (including phenoxy) is 2. The quantitative estimate of drug-likeness (QED) is 0.399. The monoisotopic (exact) mass is 256 g/mol. The van der Waals surface area contributed by atoms with E-state index < -0.39 is 11.9 Å². The second-order valence-corrected chi connectivity index (χ2v) is 4.15. The van der Waals surface area contributed by atoms with Crippen molar-refractivity contribution in [1.29, 1.82) is 0 Å². The summed E-state index contributed by atoms with van der Waals surface area (Å²) < 4.78 is 9.37. The smallest absolute Gasteiger partial charge is 0.417 e. The van der Waals surface area contributed by atoms with Gasteiger partial charge in [-0.15, -0.1) is 0 Å². The van der Waals surface area contributed by atoms with E-state index in [9.17, 15) is 9.59 Å².